The van der Waals surface area contributed by atoms with E-state index in [1.165, 1.54) is 0 Å². The maximum atomic E-state index is 12.4. The Bertz CT molecular complexity index is 412. The molecule has 2 aliphatic heterocycles. The fraction of sp³-hybridized carbons (Fsp3) is 0.750. The lowest BCUT2D eigenvalue weighted by molar-refractivity contribution is -0.144. The third kappa shape index (κ3) is 2.64. The van der Waals surface area contributed by atoms with E-state index in [9.17, 15) is 14.4 Å². The number of hydrogen-bond donors (Lipinski definition) is 2. The fourth-order valence-corrected chi connectivity index (χ4v) is 2.79. The van der Waals surface area contributed by atoms with Crippen LogP contribution in [0.1, 0.15) is 20.3 Å². The number of nitrogens with zero attached hydrogens (tertiary/aromatic N) is 2. The Morgan fingerprint density at radius 3 is 2.53 bits per heavy atom. The molecule has 2 heterocycles. The first-order valence-electron chi connectivity index (χ1n) is 6.47. The molecule has 3 amide bonds. The van der Waals surface area contributed by atoms with Gasteiger partial charge in [0.25, 0.3) is 0 Å². The number of piperazine rings is 1. The normalized spacial score (nSPS) is 31.3. The molecule has 3 atom stereocenters. The maximum absolute atomic E-state index is 12.4. The van der Waals surface area contributed by atoms with Crippen LogP contribution in [0.2, 0.25) is 0 Å². The van der Waals surface area contributed by atoms with Crippen LogP contribution in [-0.4, -0.2) is 64.5 Å². The van der Waals surface area contributed by atoms with E-state index in [-0.39, 0.29) is 31.1 Å². The van der Waals surface area contributed by atoms with Crippen LogP contribution in [0, 0.1) is 5.92 Å². The van der Waals surface area contributed by atoms with Crippen LogP contribution in [0.4, 0.5) is 4.79 Å². The molecule has 0 bridgehead atoms. The van der Waals surface area contributed by atoms with E-state index in [1.54, 1.807) is 4.90 Å². The molecule has 0 aliphatic carbocycles. The van der Waals surface area contributed by atoms with Gasteiger partial charge in [-0.2, -0.15) is 0 Å². The smallest absolute Gasteiger partial charge is 0.328 e. The number of nitrogens with one attached hydrogen (secondary N) is 1. The number of hydrogen-bond acceptors (Lipinski definition) is 3. The van der Waals surface area contributed by atoms with Crippen LogP contribution < -0.4 is 5.32 Å². The molecule has 0 aromatic rings. The van der Waals surface area contributed by atoms with Gasteiger partial charge in [0.1, 0.15) is 12.6 Å². The summed E-state index contributed by atoms with van der Waals surface area (Å²) in [5.41, 5.74) is 0. The predicted molar refractivity (Wildman–Crippen MR) is 66.5 cm³/mol. The topological polar surface area (TPSA) is 90.0 Å². The molecule has 3 unspecified atom stereocenters. The molecule has 106 valence electrons. The number of carbonyl (C=O) groups excluding carboxylic acids is 2. The Morgan fingerprint density at radius 1 is 1.32 bits per heavy atom. The molecule has 2 N–H and O–H groups in total. The molecular formula is C12H19N3O4. The van der Waals surface area contributed by atoms with Crippen LogP contribution in [0.5, 0.6) is 0 Å². The Labute approximate surface area is 111 Å². The molecule has 2 rings (SSSR count). The second-order valence-corrected chi connectivity index (χ2v) is 5.41. The van der Waals surface area contributed by atoms with Crippen LogP contribution in [-0.2, 0) is 9.59 Å². The maximum Gasteiger partial charge on any atom is 0.328 e. The summed E-state index contributed by atoms with van der Waals surface area (Å²) in [5, 5.41) is 11.6. The van der Waals surface area contributed by atoms with E-state index < -0.39 is 12.0 Å². The van der Waals surface area contributed by atoms with Crippen LogP contribution in [0.25, 0.3) is 0 Å². The number of rotatable bonds is 1. The zero-order valence-electron chi connectivity index (χ0n) is 11.1. The molecule has 0 spiro atoms. The SMILES string of the molecule is CC1CC(C)N(C(=O)N2CC(=O)NCC2C(=O)O)C1. The average molecular weight is 269 g/mol. The molecule has 19 heavy (non-hydrogen) atoms. The highest BCUT2D eigenvalue weighted by Crippen LogP contribution is 2.24. The highest BCUT2D eigenvalue weighted by atomic mass is 16.4. The van der Waals surface area contributed by atoms with Crippen LogP contribution >= 0.6 is 0 Å². The second kappa shape index (κ2) is 5.07. The van der Waals surface area contributed by atoms with Gasteiger partial charge < -0.3 is 15.3 Å². The quantitative estimate of drug-likeness (QED) is 0.685. The number of carbonyl (C=O) groups is 3. The minimum absolute atomic E-state index is 0.0301. The summed E-state index contributed by atoms with van der Waals surface area (Å²) in [4.78, 5) is 37.8. The molecule has 0 aromatic heterocycles. The summed E-state index contributed by atoms with van der Waals surface area (Å²) < 4.78 is 0. The Kier molecular flexibility index (Phi) is 3.64. The minimum atomic E-state index is -1.09. The van der Waals surface area contributed by atoms with Crippen molar-refractivity contribution in [1.29, 1.82) is 0 Å². The standard InChI is InChI=1S/C12H19N3O4/c1-7-3-8(2)14(5-7)12(19)15-6-10(16)13-4-9(15)11(17)18/h7-9H,3-6H2,1-2H3,(H,13,16)(H,17,18). The Hall–Kier alpha value is -1.79. The molecular weight excluding hydrogens is 250 g/mol. The summed E-state index contributed by atoms with van der Waals surface area (Å²) in [6.45, 7) is 4.40. The number of urea groups is 1. The van der Waals surface area contributed by atoms with Crippen LogP contribution in [0.3, 0.4) is 0 Å². The van der Waals surface area contributed by atoms with Gasteiger partial charge in [0, 0.05) is 19.1 Å². The van der Waals surface area contributed by atoms with E-state index in [0.29, 0.717) is 12.5 Å². The number of carboxylic acid groups (broad SMARTS) is 1. The van der Waals surface area contributed by atoms with Crippen molar-refractivity contribution >= 4 is 17.9 Å². The highest BCUT2D eigenvalue weighted by Gasteiger charge is 2.40. The van der Waals surface area contributed by atoms with Gasteiger partial charge in [-0.25, -0.2) is 9.59 Å². The lowest BCUT2D eigenvalue weighted by Crippen LogP contribution is -2.62. The molecule has 2 aliphatic rings. The van der Waals surface area contributed by atoms with Crippen molar-refractivity contribution in [2.75, 3.05) is 19.6 Å². The number of carboxylic acids is 1. The van der Waals surface area contributed by atoms with Gasteiger partial charge in [-0.3, -0.25) is 9.69 Å². The van der Waals surface area contributed by atoms with Gasteiger partial charge in [0.2, 0.25) is 5.91 Å². The molecule has 0 saturated carbocycles. The fourth-order valence-electron chi connectivity index (χ4n) is 2.79. The van der Waals surface area contributed by atoms with Crippen molar-refractivity contribution in [2.24, 2.45) is 5.92 Å². The molecule has 0 radical (unpaired) electrons. The average Bonchev–Trinajstić information content (AvgIpc) is 2.67. The van der Waals surface area contributed by atoms with Crippen molar-refractivity contribution in [3.05, 3.63) is 0 Å². The van der Waals surface area contributed by atoms with Gasteiger partial charge in [0.05, 0.1) is 0 Å². The highest BCUT2D eigenvalue weighted by molar-refractivity contribution is 5.90. The first-order valence-corrected chi connectivity index (χ1v) is 6.47. The zero-order valence-corrected chi connectivity index (χ0v) is 11.1. The number of amides is 3. The summed E-state index contributed by atoms with van der Waals surface area (Å²) >= 11 is 0. The van der Waals surface area contributed by atoms with E-state index >= 15 is 0 Å². The molecule has 7 nitrogen and oxygen atoms in total. The molecule has 2 fully saturated rings. The summed E-state index contributed by atoms with van der Waals surface area (Å²) in [6.07, 6.45) is 0.906. The lowest BCUT2D eigenvalue weighted by atomic mass is 10.1. The van der Waals surface area contributed by atoms with Gasteiger partial charge >= 0.3 is 12.0 Å². The first-order chi connectivity index (χ1) is 8.90. The molecule has 0 aromatic carbocycles. The van der Waals surface area contributed by atoms with Crippen molar-refractivity contribution in [1.82, 2.24) is 15.1 Å². The van der Waals surface area contributed by atoms with Crippen molar-refractivity contribution in [2.45, 2.75) is 32.4 Å². The second-order valence-electron chi connectivity index (χ2n) is 5.41. The van der Waals surface area contributed by atoms with Crippen LogP contribution in [0.15, 0.2) is 0 Å². The lowest BCUT2D eigenvalue weighted by Gasteiger charge is -2.36. The van der Waals surface area contributed by atoms with Gasteiger partial charge in [-0.05, 0) is 19.3 Å². The van der Waals surface area contributed by atoms with E-state index in [0.717, 1.165) is 11.3 Å². The monoisotopic (exact) mass is 269 g/mol. The van der Waals surface area contributed by atoms with Crippen molar-refractivity contribution in [3.63, 3.8) is 0 Å². The van der Waals surface area contributed by atoms with E-state index in [4.69, 9.17) is 5.11 Å². The summed E-state index contributed by atoms with van der Waals surface area (Å²) in [5.74, 6) is -1.00. The van der Waals surface area contributed by atoms with Crippen molar-refractivity contribution < 1.29 is 19.5 Å². The number of aliphatic carboxylic acids is 1. The first kappa shape index (κ1) is 13.6. The van der Waals surface area contributed by atoms with Gasteiger partial charge in [0.15, 0.2) is 0 Å². The largest absolute Gasteiger partial charge is 0.480 e. The van der Waals surface area contributed by atoms with Crippen molar-refractivity contribution in [3.8, 4) is 0 Å². The Morgan fingerprint density at radius 2 is 2.00 bits per heavy atom. The third-order valence-electron chi connectivity index (χ3n) is 3.74. The predicted octanol–water partition coefficient (Wildman–Crippen LogP) is -0.278. The molecule has 7 heteroatoms. The van der Waals surface area contributed by atoms with E-state index in [1.807, 2.05) is 6.92 Å². The van der Waals surface area contributed by atoms with E-state index in [2.05, 4.69) is 12.2 Å². The Balaban J connectivity index is 2.15. The zero-order chi connectivity index (χ0) is 14.2. The van der Waals surface area contributed by atoms with Gasteiger partial charge in [-0.1, -0.05) is 6.92 Å². The minimum Gasteiger partial charge on any atom is -0.480 e. The van der Waals surface area contributed by atoms with Gasteiger partial charge in [-0.15, -0.1) is 0 Å². The summed E-state index contributed by atoms with van der Waals surface area (Å²) in [7, 11) is 0. The third-order valence-corrected chi connectivity index (χ3v) is 3.74. The summed E-state index contributed by atoms with van der Waals surface area (Å²) in [6, 6.07) is -1.24. The number of likely N-dealkylation sites (tertiary alicyclic amines) is 1. The molecule has 2 saturated heterocycles.